The van der Waals surface area contributed by atoms with Crippen molar-refractivity contribution < 1.29 is 0 Å². The minimum atomic E-state index is 0.967. The molecule has 2 rings (SSSR count). The van der Waals surface area contributed by atoms with E-state index in [1.165, 1.54) is 42.6 Å². The van der Waals surface area contributed by atoms with Crippen LogP contribution in [-0.2, 0) is 13.1 Å². The molecular formula is C14H25N3. The quantitative estimate of drug-likeness (QED) is 0.737. The van der Waals surface area contributed by atoms with Crippen LogP contribution in [0.4, 0.5) is 0 Å². The molecule has 17 heavy (non-hydrogen) atoms. The molecule has 1 N–H and O–H groups in total. The summed E-state index contributed by atoms with van der Waals surface area (Å²) in [6.07, 6.45) is 5.37. The molecule has 96 valence electrons. The van der Waals surface area contributed by atoms with Gasteiger partial charge >= 0.3 is 0 Å². The Morgan fingerprint density at radius 3 is 2.76 bits per heavy atom. The zero-order chi connectivity index (χ0) is 12.3. The maximum Gasteiger partial charge on any atom is 0.0641 e. The first-order valence-electron chi connectivity index (χ1n) is 6.96. The molecule has 0 radical (unpaired) electrons. The first-order valence-corrected chi connectivity index (χ1v) is 6.96. The van der Waals surface area contributed by atoms with E-state index in [0.717, 1.165) is 25.6 Å². The first-order chi connectivity index (χ1) is 8.22. The molecule has 0 saturated heterocycles. The second kappa shape index (κ2) is 5.67. The first kappa shape index (κ1) is 12.6. The van der Waals surface area contributed by atoms with Gasteiger partial charge in [0.05, 0.1) is 5.69 Å². The summed E-state index contributed by atoms with van der Waals surface area (Å²) >= 11 is 0. The van der Waals surface area contributed by atoms with Gasteiger partial charge in [0.25, 0.3) is 0 Å². The van der Waals surface area contributed by atoms with E-state index in [1.54, 1.807) is 0 Å². The lowest BCUT2D eigenvalue weighted by Gasteiger charge is -2.06. The Morgan fingerprint density at radius 1 is 1.35 bits per heavy atom. The lowest BCUT2D eigenvalue weighted by molar-refractivity contribution is 0.532. The van der Waals surface area contributed by atoms with E-state index in [4.69, 9.17) is 0 Å². The van der Waals surface area contributed by atoms with Crippen LogP contribution in [0.25, 0.3) is 0 Å². The van der Waals surface area contributed by atoms with E-state index in [0.29, 0.717) is 0 Å². The molecule has 1 aromatic rings. The van der Waals surface area contributed by atoms with Crippen LogP contribution in [0.5, 0.6) is 0 Å². The Balaban J connectivity index is 1.94. The molecule has 0 atom stereocenters. The number of hydrogen-bond donors (Lipinski definition) is 1. The summed E-state index contributed by atoms with van der Waals surface area (Å²) in [5, 5.41) is 8.14. The van der Waals surface area contributed by atoms with Crippen molar-refractivity contribution in [3.63, 3.8) is 0 Å². The predicted octanol–water partition coefficient (Wildman–Crippen LogP) is 2.80. The summed E-state index contributed by atoms with van der Waals surface area (Å²) in [6.45, 7) is 9.69. The third-order valence-electron chi connectivity index (χ3n) is 3.71. The zero-order valence-corrected chi connectivity index (χ0v) is 11.4. The molecular weight excluding hydrogens is 210 g/mol. The summed E-state index contributed by atoms with van der Waals surface area (Å²) in [7, 11) is 0. The van der Waals surface area contributed by atoms with Crippen molar-refractivity contribution in [1.29, 1.82) is 0 Å². The number of rotatable bonds is 7. The Labute approximate surface area is 105 Å². The summed E-state index contributed by atoms with van der Waals surface area (Å²) in [6, 6.07) is 0. The van der Waals surface area contributed by atoms with Gasteiger partial charge in [-0.2, -0.15) is 5.10 Å². The second-order valence-electron chi connectivity index (χ2n) is 5.28. The maximum absolute atomic E-state index is 4.67. The van der Waals surface area contributed by atoms with E-state index in [-0.39, 0.29) is 0 Å². The minimum absolute atomic E-state index is 0.967. The standard InChI is InChI=1S/C14H25N3/c1-4-8-15-10-14-11(2)16-17(12(14)3)9-7-13-5-6-13/h13,15H,4-10H2,1-3H3. The molecule has 0 spiro atoms. The molecule has 0 amide bonds. The highest BCUT2D eigenvalue weighted by molar-refractivity contribution is 5.24. The van der Waals surface area contributed by atoms with E-state index < -0.39 is 0 Å². The fourth-order valence-electron chi connectivity index (χ4n) is 2.31. The fraction of sp³-hybridized carbons (Fsp3) is 0.786. The molecule has 0 aromatic carbocycles. The number of nitrogens with one attached hydrogen (secondary N) is 1. The van der Waals surface area contributed by atoms with Gasteiger partial charge in [-0.15, -0.1) is 0 Å². The van der Waals surface area contributed by atoms with Crippen LogP contribution in [0, 0.1) is 19.8 Å². The SMILES string of the molecule is CCCNCc1c(C)nn(CCC2CC2)c1C. The number of aryl methyl sites for hydroxylation is 2. The van der Waals surface area contributed by atoms with Gasteiger partial charge in [0, 0.05) is 24.3 Å². The molecule has 0 unspecified atom stereocenters. The lowest BCUT2D eigenvalue weighted by atomic mass is 10.2. The van der Waals surface area contributed by atoms with Gasteiger partial charge in [-0.1, -0.05) is 19.8 Å². The van der Waals surface area contributed by atoms with Gasteiger partial charge in [-0.05, 0) is 39.2 Å². The number of nitrogens with zero attached hydrogens (tertiary/aromatic N) is 2. The molecule has 1 aliphatic rings. The van der Waals surface area contributed by atoms with E-state index in [1.807, 2.05) is 0 Å². The average molecular weight is 235 g/mol. The summed E-state index contributed by atoms with van der Waals surface area (Å²) in [4.78, 5) is 0. The van der Waals surface area contributed by atoms with Crippen LogP contribution in [-0.4, -0.2) is 16.3 Å². The Bertz CT molecular complexity index is 364. The van der Waals surface area contributed by atoms with Gasteiger partial charge in [0.2, 0.25) is 0 Å². The van der Waals surface area contributed by atoms with Crippen molar-refractivity contribution in [2.75, 3.05) is 6.54 Å². The Kier molecular flexibility index (Phi) is 4.21. The molecule has 3 nitrogen and oxygen atoms in total. The van der Waals surface area contributed by atoms with Crippen LogP contribution >= 0.6 is 0 Å². The molecule has 1 aromatic heterocycles. The number of aromatic nitrogens is 2. The van der Waals surface area contributed by atoms with Gasteiger partial charge in [0.1, 0.15) is 0 Å². The van der Waals surface area contributed by atoms with Crippen LogP contribution < -0.4 is 5.32 Å². The average Bonchev–Trinajstić information content (AvgIpc) is 3.09. The molecule has 1 aliphatic carbocycles. The van der Waals surface area contributed by atoms with Crippen LogP contribution in [0.2, 0.25) is 0 Å². The predicted molar refractivity (Wildman–Crippen MR) is 71.0 cm³/mol. The summed E-state index contributed by atoms with van der Waals surface area (Å²) in [5.74, 6) is 0.987. The van der Waals surface area contributed by atoms with Crippen molar-refractivity contribution in [3.05, 3.63) is 17.0 Å². The molecule has 0 bridgehead atoms. The highest BCUT2D eigenvalue weighted by Crippen LogP contribution is 2.32. The van der Waals surface area contributed by atoms with Crippen LogP contribution in [0.15, 0.2) is 0 Å². The maximum atomic E-state index is 4.67. The third-order valence-corrected chi connectivity index (χ3v) is 3.71. The summed E-state index contributed by atoms with van der Waals surface area (Å²) < 4.78 is 2.20. The largest absolute Gasteiger partial charge is 0.313 e. The highest BCUT2D eigenvalue weighted by atomic mass is 15.3. The van der Waals surface area contributed by atoms with E-state index >= 15 is 0 Å². The van der Waals surface area contributed by atoms with E-state index in [2.05, 4.69) is 35.9 Å². The van der Waals surface area contributed by atoms with Crippen LogP contribution in [0.1, 0.15) is 49.6 Å². The van der Waals surface area contributed by atoms with Crippen molar-refractivity contribution in [2.24, 2.45) is 5.92 Å². The Morgan fingerprint density at radius 2 is 2.12 bits per heavy atom. The summed E-state index contributed by atoms with van der Waals surface area (Å²) in [5.41, 5.74) is 3.95. The molecule has 1 heterocycles. The fourth-order valence-corrected chi connectivity index (χ4v) is 2.31. The van der Waals surface area contributed by atoms with Gasteiger partial charge < -0.3 is 5.32 Å². The smallest absolute Gasteiger partial charge is 0.0641 e. The normalized spacial score (nSPS) is 15.5. The van der Waals surface area contributed by atoms with Crippen LogP contribution in [0.3, 0.4) is 0 Å². The third kappa shape index (κ3) is 3.32. The molecule has 1 saturated carbocycles. The molecule has 3 heteroatoms. The lowest BCUT2D eigenvalue weighted by Crippen LogP contribution is -2.15. The molecule has 1 fully saturated rings. The molecule has 0 aliphatic heterocycles. The minimum Gasteiger partial charge on any atom is -0.313 e. The van der Waals surface area contributed by atoms with Gasteiger partial charge in [0.15, 0.2) is 0 Å². The monoisotopic (exact) mass is 235 g/mol. The van der Waals surface area contributed by atoms with Gasteiger partial charge in [-0.25, -0.2) is 0 Å². The van der Waals surface area contributed by atoms with Gasteiger partial charge in [-0.3, -0.25) is 4.68 Å². The Hall–Kier alpha value is -0.830. The van der Waals surface area contributed by atoms with Crippen molar-refractivity contribution in [3.8, 4) is 0 Å². The number of hydrogen-bond acceptors (Lipinski definition) is 2. The highest BCUT2D eigenvalue weighted by Gasteiger charge is 2.21. The van der Waals surface area contributed by atoms with E-state index in [9.17, 15) is 0 Å². The topological polar surface area (TPSA) is 29.9 Å². The second-order valence-corrected chi connectivity index (χ2v) is 5.28. The zero-order valence-electron chi connectivity index (χ0n) is 11.4. The van der Waals surface area contributed by atoms with Crippen molar-refractivity contribution >= 4 is 0 Å². The van der Waals surface area contributed by atoms with Crippen molar-refractivity contribution in [1.82, 2.24) is 15.1 Å². The van der Waals surface area contributed by atoms with Crippen molar-refractivity contribution in [2.45, 2.75) is 59.5 Å².